The van der Waals surface area contributed by atoms with Crippen LogP contribution in [0.25, 0.3) is 0 Å². The number of aryl methyl sites for hydroxylation is 2. The maximum absolute atomic E-state index is 4.64. The highest BCUT2D eigenvalue weighted by molar-refractivity contribution is 5.13. The summed E-state index contributed by atoms with van der Waals surface area (Å²) in [6, 6.07) is 0. The summed E-state index contributed by atoms with van der Waals surface area (Å²) in [4.78, 5) is 8.04. The van der Waals surface area contributed by atoms with Gasteiger partial charge in [-0.3, -0.25) is 0 Å². The third-order valence-corrected chi connectivity index (χ3v) is 3.25. The van der Waals surface area contributed by atoms with E-state index < -0.39 is 0 Å². The Labute approximate surface area is 91.7 Å². The first-order valence-electron chi connectivity index (χ1n) is 6.04. The molecular weight excluding hydrogens is 186 g/mol. The molecule has 1 saturated heterocycles. The summed E-state index contributed by atoms with van der Waals surface area (Å²) >= 11 is 0. The number of nitrogens with one attached hydrogen (secondary N) is 2. The normalized spacial score (nSPS) is 21.9. The minimum atomic E-state index is 0.772. The summed E-state index contributed by atoms with van der Waals surface area (Å²) in [5.41, 5.74) is 2.48. The molecule has 0 aromatic carbocycles. The van der Waals surface area contributed by atoms with Crippen molar-refractivity contribution in [1.82, 2.24) is 15.3 Å². The Kier molecular flexibility index (Phi) is 3.41. The summed E-state index contributed by atoms with van der Waals surface area (Å²) in [5.74, 6) is 1.95. The van der Waals surface area contributed by atoms with Crippen LogP contribution in [0.15, 0.2) is 0 Å². The zero-order valence-electron chi connectivity index (χ0n) is 9.77. The van der Waals surface area contributed by atoms with Crippen LogP contribution in [0.3, 0.4) is 0 Å². The van der Waals surface area contributed by atoms with E-state index >= 15 is 0 Å². The van der Waals surface area contributed by atoms with Crippen molar-refractivity contribution in [3.63, 3.8) is 0 Å². The summed E-state index contributed by atoms with van der Waals surface area (Å²) in [5, 5.41) is 3.45. The van der Waals surface area contributed by atoms with Crippen LogP contribution in [0.2, 0.25) is 0 Å². The molecule has 0 bridgehead atoms. The molecule has 2 N–H and O–H groups in total. The molecule has 1 aliphatic heterocycles. The Morgan fingerprint density at radius 3 is 2.93 bits per heavy atom. The third kappa shape index (κ3) is 2.59. The molecule has 0 spiro atoms. The second-order valence-electron chi connectivity index (χ2n) is 4.53. The van der Waals surface area contributed by atoms with Crippen molar-refractivity contribution in [2.24, 2.45) is 5.92 Å². The van der Waals surface area contributed by atoms with Crippen LogP contribution in [-0.2, 0) is 12.8 Å². The van der Waals surface area contributed by atoms with E-state index in [0.717, 1.165) is 25.3 Å². The van der Waals surface area contributed by atoms with E-state index in [0.29, 0.717) is 0 Å². The van der Waals surface area contributed by atoms with Gasteiger partial charge in [0.1, 0.15) is 5.82 Å². The lowest BCUT2D eigenvalue weighted by atomic mass is 9.96. The summed E-state index contributed by atoms with van der Waals surface area (Å²) in [6.07, 6.45) is 4.79. The Hall–Kier alpha value is -0.830. The fraction of sp³-hybridized carbons (Fsp3) is 0.750. The molecular formula is C12H21N3. The van der Waals surface area contributed by atoms with E-state index in [1.165, 1.54) is 36.6 Å². The van der Waals surface area contributed by atoms with Crippen molar-refractivity contribution in [3.05, 3.63) is 17.2 Å². The molecule has 1 fully saturated rings. The molecule has 0 aliphatic carbocycles. The van der Waals surface area contributed by atoms with Gasteiger partial charge in [-0.1, -0.05) is 6.92 Å². The number of aromatic amines is 1. The van der Waals surface area contributed by atoms with Gasteiger partial charge in [-0.25, -0.2) is 4.98 Å². The van der Waals surface area contributed by atoms with Crippen LogP contribution in [0, 0.1) is 12.8 Å². The topological polar surface area (TPSA) is 40.7 Å². The lowest BCUT2D eigenvalue weighted by molar-refractivity contribution is 0.371. The standard InChI is InChI=1S/C12H21N3/c1-3-11-9(2)14-12(15-11)7-10-5-4-6-13-8-10/h10,13H,3-8H2,1-2H3,(H,14,15). The molecule has 1 aromatic rings. The van der Waals surface area contributed by atoms with Crippen LogP contribution in [0.4, 0.5) is 0 Å². The Morgan fingerprint density at radius 1 is 1.47 bits per heavy atom. The summed E-state index contributed by atoms with van der Waals surface area (Å²) < 4.78 is 0. The van der Waals surface area contributed by atoms with E-state index in [9.17, 15) is 0 Å². The van der Waals surface area contributed by atoms with Gasteiger partial charge in [-0.05, 0) is 45.2 Å². The molecule has 15 heavy (non-hydrogen) atoms. The maximum atomic E-state index is 4.64. The Balaban J connectivity index is 1.97. The molecule has 0 amide bonds. The quantitative estimate of drug-likeness (QED) is 0.794. The van der Waals surface area contributed by atoms with E-state index in [-0.39, 0.29) is 0 Å². The van der Waals surface area contributed by atoms with Gasteiger partial charge in [0.25, 0.3) is 0 Å². The zero-order valence-corrected chi connectivity index (χ0v) is 9.77. The lowest BCUT2D eigenvalue weighted by Gasteiger charge is -2.21. The number of aromatic nitrogens is 2. The van der Waals surface area contributed by atoms with Gasteiger partial charge in [-0.2, -0.15) is 0 Å². The van der Waals surface area contributed by atoms with E-state index in [2.05, 4.69) is 29.1 Å². The summed E-state index contributed by atoms with van der Waals surface area (Å²) in [7, 11) is 0. The van der Waals surface area contributed by atoms with Crippen molar-refractivity contribution in [1.29, 1.82) is 0 Å². The predicted octanol–water partition coefficient (Wildman–Crippen LogP) is 1.82. The molecule has 3 heteroatoms. The third-order valence-electron chi connectivity index (χ3n) is 3.25. The molecule has 1 aromatic heterocycles. The zero-order chi connectivity index (χ0) is 10.7. The minimum absolute atomic E-state index is 0.772. The van der Waals surface area contributed by atoms with Crippen LogP contribution >= 0.6 is 0 Å². The number of rotatable bonds is 3. The van der Waals surface area contributed by atoms with E-state index in [1.54, 1.807) is 0 Å². The molecule has 84 valence electrons. The number of nitrogens with zero attached hydrogens (tertiary/aromatic N) is 1. The SMILES string of the molecule is CCc1nc(CC2CCCNC2)[nH]c1C. The van der Waals surface area contributed by atoms with Crippen LogP contribution in [0.5, 0.6) is 0 Å². The second kappa shape index (κ2) is 4.79. The van der Waals surface area contributed by atoms with Gasteiger partial charge in [0.2, 0.25) is 0 Å². The van der Waals surface area contributed by atoms with Gasteiger partial charge in [0, 0.05) is 12.1 Å². The smallest absolute Gasteiger partial charge is 0.106 e. The molecule has 1 atom stereocenters. The average molecular weight is 207 g/mol. The molecule has 1 aliphatic rings. The van der Waals surface area contributed by atoms with Crippen molar-refractivity contribution in [2.75, 3.05) is 13.1 Å². The Bertz CT molecular complexity index is 311. The molecule has 1 unspecified atom stereocenters. The lowest BCUT2D eigenvalue weighted by Crippen LogP contribution is -2.31. The number of hydrogen-bond donors (Lipinski definition) is 2. The Morgan fingerprint density at radius 2 is 2.33 bits per heavy atom. The van der Waals surface area contributed by atoms with Crippen LogP contribution in [-0.4, -0.2) is 23.1 Å². The van der Waals surface area contributed by atoms with Crippen molar-refractivity contribution in [2.45, 2.75) is 39.5 Å². The second-order valence-corrected chi connectivity index (χ2v) is 4.53. The number of imidazole rings is 1. The maximum Gasteiger partial charge on any atom is 0.106 e. The van der Waals surface area contributed by atoms with Crippen molar-refractivity contribution >= 4 is 0 Å². The number of H-pyrrole nitrogens is 1. The molecule has 2 heterocycles. The van der Waals surface area contributed by atoms with Gasteiger partial charge < -0.3 is 10.3 Å². The van der Waals surface area contributed by atoms with Gasteiger partial charge in [0.15, 0.2) is 0 Å². The van der Waals surface area contributed by atoms with Gasteiger partial charge in [-0.15, -0.1) is 0 Å². The molecule has 0 saturated carbocycles. The first-order chi connectivity index (χ1) is 7.29. The molecule has 2 rings (SSSR count). The first-order valence-corrected chi connectivity index (χ1v) is 6.04. The van der Waals surface area contributed by atoms with Crippen molar-refractivity contribution < 1.29 is 0 Å². The highest BCUT2D eigenvalue weighted by atomic mass is 14.9. The van der Waals surface area contributed by atoms with Gasteiger partial charge in [0.05, 0.1) is 5.69 Å². The average Bonchev–Trinajstić information content (AvgIpc) is 2.60. The van der Waals surface area contributed by atoms with E-state index in [1.807, 2.05) is 0 Å². The highest BCUT2D eigenvalue weighted by Crippen LogP contribution is 2.16. The minimum Gasteiger partial charge on any atom is -0.346 e. The molecule has 0 radical (unpaired) electrons. The van der Waals surface area contributed by atoms with Gasteiger partial charge >= 0.3 is 0 Å². The monoisotopic (exact) mass is 207 g/mol. The van der Waals surface area contributed by atoms with Crippen LogP contribution in [0.1, 0.15) is 37.0 Å². The van der Waals surface area contributed by atoms with Crippen molar-refractivity contribution in [3.8, 4) is 0 Å². The summed E-state index contributed by atoms with van der Waals surface area (Å²) in [6.45, 7) is 6.62. The van der Waals surface area contributed by atoms with E-state index in [4.69, 9.17) is 0 Å². The largest absolute Gasteiger partial charge is 0.346 e. The van der Waals surface area contributed by atoms with Crippen LogP contribution < -0.4 is 5.32 Å². The number of hydrogen-bond acceptors (Lipinski definition) is 2. The fourth-order valence-electron chi connectivity index (χ4n) is 2.38. The fourth-order valence-corrected chi connectivity index (χ4v) is 2.38. The first kappa shape index (κ1) is 10.7. The predicted molar refractivity (Wildman–Crippen MR) is 62.0 cm³/mol. The highest BCUT2D eigenvalue weighted by Gasteiger charge is 2.15. The number of piperidine rings is 1. The molecule has 3 nitrogen and oxygen atoms in total.